The lowest BCUT2D eigenvalue weighted by atomic mass is 10.2. The van der Waals surface area contributed by atoms with E-state index in [2.05, 4.69) is 10.3 Å². The predicted octanol–water partition coefficient (Wildman–Crippen LogP) is 2.53. The molecular weight excluding hydrogens is 317 g/mol. The molecule has 3 rings (SSSR count). The highest BCUT2D eigenvalue weighted by Gasteiger charge is 2.16. The summed E-state index contributed by atoms with van der Waals surface area (Å²) in [5.74, 6) is -0.269. The van der Waals surface area contributed by atoms with Gasteiger partial charge in [-0.25, -0.2) is 14.2 Å². The van der Waals surface area contributed by atoms with Crippen LogP contribution >= 0.6 is 11.3 Å². The van der Waals surface area contributed by atoms with Crippen molar-refractivity contribution in [3.8, 4) is 10.6 Å². The van der Waals surface area contributed by atoms with Crippen LogP contribution in [0.1, 0.15) is 5.69 Å². The van der Waals surface area contributed by atoms with Crippen LogP contribution in [0.5, 0.6) is 0 Å². The molecule has 23 heavy (non-hydrogen) atoms. The Balaban J connectivity index is 1.51. The summed E-state index contributed by atoms with van der Waals surface area (Å²) in [5.41, 5.74) is 1.37. The molecule has 0 radical (unpaired) electrons. The number of amides is 2. The van der Waals surface area contributed by atoms with Gasteiger partial charge in [-0.3, -0.25) is 0 Å². The van der Waals surface area contributed by atoms with E-state index >= 15 is 0 Å². The van der Waals surface area contributed by atoms with Gasteiger partial charge >= 0.3 is 6.03 Å². The molecule has 1 aromatic heterocycles. The summed E-state index contributed by atoms with van der Waals surface area (Å²) in [6, 6.07) is 6.53. The number of nitrogens with zero attached hydrogens (tertiary/aromatic N) is 2. The van der Waals surface area contributed by atoms with E-state index < -0.39 is 0 Å². The quantitative estimate of drug-likeness (QED) is 0.934. The lowest BCUT2D eigenvalue weighted by Gasteiger charge is -2.26. The van der Waals surface area contributed by atoms with E-state index in [9.17, 15) is 9.18 Å². The molecule has 1 N–H and O–H groups in total. The summed E-state index contributed by atoms with van der Waals surface area (Å²) in [4.78, 5) is 18.1. The summed E-state index contributed by atoms with van der Waals surface area (Å²) >= 11 is 1.41. The average Bonchev–Trinajstić information content (AvgIpc) is 3.04. The number of nitrogens with one attached hydrogen (secondary N) is 1. The van der Waals surface area contributed by atoms with Gasteiger partial charge in [0.1, 0.15) is 10.8 Å². The van der Waals surface area contributed by atoms with Crippen LogP contribution in [0.2, 0.25) is 0 Å². The molecule has 0 atom stereocenters. The number of carbonyl (C=O) groups is 1. The van der Waals surface area contributed by atoms with Crippen molar-refractivity contribution in [2.75, 3.05) is 32.8 Å². The first-order valence-electron chi connectivity index (χ1n) is 7.54. The van der Waals surface area contributed by atoms with Gasteiger partial charge in [-0.2, -0.15) is 0 Å². The van der Waals surface area contributed by atoms with E-state index in [0.29, 0.717) is 49.8 Å². The average molecular weight is 335 g/mol. The lowest BCUT2D eigenvalue weighted by Crippen LogP contribution is -2.46. The van der Waals surface area contributed by atoms with Crippen LogP contribution in [0.3, 0.4) is 0 Å². The first-order valence-corrected chi connectivity index (χ1v) is 8.42. The molecule has 0 bridgehead atoms. The van der Waals surface area contributed by atoms with Gasteiger partial charge in [0.05, 0.1) is 18.9 Å². The molecule has 122 valence electrons. The van der Waals surface area contributed by atoms with Crippen LogP contribution in [-0.4, -0.2) is 48.8 Å². The highest BCUT2D eigenvalue weighted by Crippen LogP contribution is 2.26. The zero-order valence-corrected chi connectivity index (χ0v) is 13.4. The van der Waals surface area contributed by atoms with Crippen LogP contribution in [0, 0.1) is 5.82 Å². The van der Waals surface area contributed by atoms with Crippen molar-refractivity contribution in [3.05, 3.63) is 41.2 Å². The number of halogens is 1. The van der Waals surface area contributed by atoms with Crippen molar-refractivity contribution >= 4 is 17.4 Å². The number of rotatable bonds is 4. The standard InChI is InChI=1S/C16H18FN3O2S/c17-14-4-2-1-3-13(14)15-19-12(11-23-15)5-6-18-16(21)20-7-9-22-10-8-20/h1-4,11H,5-10H2,(H,18,21). The molecule has 2 heterocycles. The number of ether oxygens (including phenoxy) is 1. The highest BCUT2D eigenvalue weighted by atomic mass is 32.1. The Morgan fingerprint density at radius 3 is 2.91 bits per heavy atom. The van der Waals surface area contributed by atoms with Crippen LogP contribution in [-0.2, 0) is 11.2 Å². The maximum absolute atomic E-state index is 13.7. The van der Waals surface area contributed by atoms with Gasteiger partial charge < -0.3 is 15.0 Å². The minimum atomic E-state index is -0.269. The second-order valence-electron chi connectivity index (χ2n) is 5.21. The Bertz CT molecular complexity index is 671. The minimum absolute atomic E-state index is 0.0714. The summed E-state index contributed by atoms with van der Waals surface area (Å²) < 4.78 is 19.0. The first kappa shape index (κ1) is 15.9. The second-order valence-corrected chi connectivity index (χ2v) is 6.06. The van der Waals surface area contributed by atoms with Crippen molar-refractivity contribution in [1.29, 1.82) is 0 Å². The van der Waals surface area contributed by atoms with Crippen LogP contribution in [0.25, 0.3) is 10.6 Å². The Morgan fingerprint density at radius 2 is 2.13 bits per heavy atom. The fraction of sp³-hybridized carbons (Fsp3) is 0.375. The smallest absolute Gasteiger partial charge is 0.317 e. The summed E-state index contributed by atoms with van der Waals surface area (Å²) in [7, 11) is 0. The van der Waals surface area contributed by atoms with Crippen molar-refractivity contribution in [3.63, 3.8) is 0 Å². The zero-order chi connectivity index (χ0) is 16.1. The third kappa shape index (κ3) is 4.05. The molecule has 0 spiro atoms. The number of thiazole rings is 1. The molecule has 5 nitrogen and oxygen atoms in total. The fourth-order valence-corrected chi connectivity index (χ4v) is 3.24. The van der Waals surface area contributed by atoms with E-state index in [-0.39, 0.29) is 11.8 Å². The maximum atomic E-state index is 13.7. The summed E-state index contributed by atoms with van der Waals surface area (Å²) in [5, 5.41) is 5.45. The van der Waals surface area contributed by atoms with Gasteiger partial charge in [-0.05, 0) is 12.1 Å². The van der Waals surface area contributed by atoms with Gasteiger partial charge in [-0.1, -0.05) is 12.1 Å². The Kier molecular flexibility index (Phi) is 5.19. The fourth-order valence-electron chi connectivity index (χ4n) is 2.36. The van der Waals surface area contributed by atoms with E-state index in [0.717, 1.165) is 5.69 Å². The number of carbonyl (C=O) groups excluding carboxylic acids is 1. The normalized spacial score (nSPS) is 14.7. The topological polar surface area (TPSA) is 54.5 Å². The van der Waals surface area contributed by atoms with Crippen molar-refractivity contribution in [2.24, 2.45) is 0 Å². The van der Waals surface area contributed by atoms with Crippen LogP contribution < -0.4 is 5.32 Å². The number of morpholine rings is 1. The summed E-state index contributed by atoms with van der Waals surface area (Å²) in [6.07, 6.45) is 0.626. The van der Waals surface area contributed by atoms with Gasteiger partial charge in [0.15, 0.2) is 0 Å². The largest absolute Gasteiger partial charge is 0.378 e. The molecule has 0 unspecified atom stereocenters. The minimum Gasteiger partial charge on any atom is -0.378 e. The molecular formula is C16H18FN3O2S. The SMILES string of the molecule is O=C(NCCc1csc(-c2ccccc2F)n1)N1CCOCC1. The summed E-state index contributed by atoms with van der Waals surface area (Å²) in [6.45, 7) is 2.94. The molecule has 1 aliphatic heterocycles. The van der Waals surface area contributed by atoms with Crippen LogP contribution in [0.4, 0.5) is 9.18 Å². The van der Waals surface area contributed by atoms with Gasteiger partial charge in [0, 0.05) is 37.0 Å². The highest BCUT2D eigenvalue weighted by molar-refractivity contribution is 7.13. The molecule has 1 aromatic carbocycles. The van der Waals surface area contributed by atoms with Gasteiger partial charge in [-0.15, -0.1) is 11.3 Å². The third-order valence-corrected chi connectivity index (χ3v) is 4.54. The second kappa shape index (κ2) is 7.52. The molecule has 2 amide bonds. The number of hydrogen-bond donors (Lipinski definition) is 1. The molecule has 1 aliphatic rings. The van der Waals surface area contributed by atoms with Crippen LogP contribution in [0.15, 0.2) is 29.6 Å². The number of hydrogen-bond acceptors (Lipinski definition) is 4. The number of urea groups is 1. The van der Waals surface area contributed by atoms with E-state index in [1.165, 1.54) is 17.4 Å². The lowest BCUT2D eigenvalue weighted by molar-refractivity contribution is 0.0533. The first-order chi connectivity index (χ1) is 11.2. The van der Waals surface area contributed by atoms with Crippen molar-refractivity contribution < 1.29 is 13.9 Å². The monoisotopic (exact) mass is 335 g/mol. The molecule has 2 aromatic rings. The number of aromatic nitrogens is 1. The maximum Gasteiger partial charge on any atom is 0.317 e. The van der Waals surface area contributed by atoms with E-state index in [1.54, 1.807) is 23.1 Å². The molecule has 1 fully saturated rings. The molecule has 0 saturated carbocycles. The predicted molar refractivity (Wildman–Crippen MR) is 87.0 cm³/mol. The van der Waals surface area contributed by atoms with E-state index in [1.807, 2.05) is 5.38 Å². The van der Waals surface area contributed by atoms with Gasteiger partial charge in [0.2, 0.25) is 0 Å². The zero-order valence-electron chi connectivity index (χ0n) is 12.6. The molecule has 0 aliphatic carbocycles. The van der Waals surface area contributed by atoms with Crippen molar-refractivity contribution in [2.45, 2.75) is 6.42 Å². The Hall–Kier alpha value is -1.99. The Morgan fingerprint density at radius 1 is 1.35 bits per heavy atom. The van der Waals surface area contributed by atoms with E-state index in [4.69, 9.17) is 4.74 Å². The Labute approximate surface area is 138 Å². The van der Waals surface area contributed by atoms with Crippen molar-refractivity contribution in [1.82, 2.24) is 15.2 Å². The molecule has 7 heteroatoms. The van der Waals surface area contributed by atoms with Gasteiger partial charge in [0.25, 0.3) is 0 Å². The third-order valence-electron chi connectivity index (χ3n) is 3.61. The molecule has 1 saturated heterocycles. The number of benzene rings is 1.